The summed E-state index contributed by atoms with van der Waals surface area (Å²) in [6, 6.07) is 2.37. The quantitative estimate of drug-likeness (QED) is 0.810. The molecule has 0 radical (unpaired) electrons. The first-order chi connectivity index (χ1) is 9.58. The molecule has 0 fully saturated rings. The van der Waals surface area contributed by atoms with Crippen LogP contribution in [0.3, 0.4) is 0 Å². The molecule has 0 unspecified atom stereocenters. The minimum Gasteiger partial charge on any atom is -0.376 e. The topological polar surface area (TPSA) is 55.0 Å². The fraction of sp³-hybridized carbons (Fsp3) is 0.231. The fourth-order valence-electron chi connectivity index (χ4n) is 2.08. The minimum absolute atomic E-state index is 0.0624. The number of nitrogens with zero attached hydrogens (tertiary/aromatic N) is 1. The van der Waals surface area contributed by atoms with Gasteiger partial charge in [-0.25, -0.2) is 13.8 Å². The number of aromatic nitrogens is 2. The average molecular weight is 343 g/mol. The van der Waals surface area contributed by atoms with Gasteiger partial charge >= 0.3 is 0 Å². The van der Waals surface area contributed by atoms with E-state index in [9.17, 15) is 13.6 Å². The van der Waals surface area contributed by atoms with Gasteiger partial charge in [0.2, 0.25) is 0 Å². The van der Waals surface area contributed by atoms with E-state index >= 15 is 0 Å². The van der Waals surface area contributed by atoms with Crippen molar-refractivity contribution >= 4 is 15.9 Å². The number of halogens is 3. The van der Waals surface area contributed by atoms with Crippen molar-refractivity contribution in [2.24, 2.45) is 0 Å². The Morgan fingerprint density at radius 2 is 2.15 bits per heavy atom. The lowest BCUT2D eigenvalue weighted by Gasteiger charge is -2.15. The van der Waals surface area contributed by atoms with E-state index in [0.29, 0.717) is 29.8 Å². The van der Waals surface area contributed by atoms with E-state index < -0.39 is 11.6 Å². The third kappa shape index (κ3) is 2.16. The fourth-order valence-corrected chi connectivity index (χ4v) is 2.59. The van der Waals surface area contributed by atoms with Crippen LogP contribution in [-0.4, -0.2) is 16.6 Å². The minimum atomic E-state index is -1.01. The van der Waals surface area contributed by atoms with Crippen LogP contribution in [0.4, 0.5) is 8.78 Å². The van der Waals surface area contributed by atoms with Gasteiger partial charge in [-0.1, -0.05) is 0 Å². The van der Waals surface area contributed by atoms with Gasteiger partial charge in [-0.05, 0) is 28.1 Å². The Morgan fingerprint density at radius 1 is 1.35 bits per heavy atom. The summed E-state index contributed by atoms with van der Waals surface area (Å²) in [5, 5.41) is 0. The molecule has 4 nitrogen and oxygen atoms in total. The zero-order valence-corrected chi connectivity index (χ0v) is 11.8. The molecule has 1 aromatic carbocycles. The van der Waals surface area contributed by atoms with E-state index in [1.54, 1.807) is 0 Å². The first-order valence-corrected chi connectivity index (χ1v) is 6.71. The van der Waals surface area contributed by atoms with Crippen molar-refractivity contribution in [1.29, 1.82) is 0 Å². The van der Waals surface area contributed by atoms with Crippen molar-refractivity contribution in [2.45, 2.75) is 13.0 Å². The Kier molecular flexibility index (Phi) is 3.39. The molecule has 1 aliphatic heterocycles. The number of H-pyrrole nitrogens is 1. The van der Waals surface area contributed by atoms with Crippen LogP contribution in [0.1, 0.15) is 11.3 Å². The van der Waals surface area contributed by atoms with E-state index in [1.165, 1.54) is 6.07 Å². The largest absolute Gasteiger partial charge is 0.376 e. The van der Waals surface area contributed by atoms with Crippen LogP contribution in [0.5, 0.6) is 0 Å². The summed E-state index contributed by atoms with van der Waals surface area (Å²) >= 11 is 2.99. The second-order valence-electron chi connectivity index (χ2n) is 4.37. The lowest BCUT2D eigenvalue weighted by atomic mass is 10.1. The molecule has 0 bridgehead atoms. The van der Waals surface area contributed by atoms with Crippen molar-refractivity contribution in [2.75, 3.05) is 6.61 Å². The van der Waals surface area contributed by atoms with Gasteiger partial charge in [-0.3, -0.25) is 4.79 Å². The summed E-state index contributed by atoms with van der Waals surface area (Å²) in [5.74, 6) is -1.76. The molecule has 0 atom stereocenters. The molecule has 20 heavy (non-hydrogen) atoms. The van der Waals surface area contributed by atoms with Crippen molar-refractivity contribution < 1.29 is 13.5 Å². The summed E-state index contributed by atoms with van der Waals surface area (Å²) in [7, 11) is 0. The first kappa shape index (κ1) is 13.4. The Labute approximate surface area is 120 Å². The Morgan fingerprint density at radius 3 is 2.95 bits per heavy atom. The number of hydrogen-bond donors (Lipinski definition) is 1. The number of rotatable bonds is 1. The molecule has 104 valence electrons. The van der Waals surface area contributed by atoms with Gasteiger partial charge in [-0.2, -0.15) is 0 Å². The average Bonchev–Trinajstić information content (AvgIpc) is 2.45. The second-order valence-corrected chi connectivity index (χ2v) is 5.16. The molecule has 3 rings (SSSR count). The van der Waals surface area contributed by atoms with Crippen molar-refractivity contribution in [3.63, 3.8) is 0 Å². The number of aromatic amines is 1. The molecule has 1 N–H and O–H groups in total. The van der Waals surface area contributed by atoms with E-state index in [-0.39, 0.29) is 22.5 Å². The van der Waals surface area contributed by atoms with E-state index in [0.717, 1.165) is 6.07 Å². The van der Waals surface area contributed by atoms with Crippen LogP contribution in [0.25, 0.3) is 11.4 Å². The van der Waals surface area contributed by atoms with E-state index in [4.69, 9.17) is 4.74 Å². The monoisotopic (exact) mass is 342 g/mol. The van der Waals surface area contributed by atoms with Gasteiger partial charge in [0.25, 0.3) is 5.56 Å². The zero-order valence-electron chi connectivity index (χ0n) is 10.2. The standard InChI is InChI=1S/C13H9BrF2N2O2/c14-10-6(1-2-8(15)11(10)16)12-17-9-3-4-20-5-7(9)13(19)18-12/h1-2H,3-5H2,(H,17,18,19). The Balaban J connectivity index is 2.19. The first-order valence-electron chi connectivity index (χ1n) is 5.91. The van der Waals surface area contributed by atoms with Crippen molar-refractivity contribution in [3.05, 3.63) is 49.9 Å². The molecule has 0 saturated heterocycles. The summed E-state index contributed by atoms with van der Waals surface area (Å²) in [5.41, 5.74) is 1.10. The van der Waals surface area contributed by atoms with Gasteiger partial charge in [-0.15, -0.1) is 0 Å². The van der Waals surface area contributed by atoms with Crippen LogP contribution in [-0.2, 0) is 17.8 Å². The van der Waals surface area contributed by atoms with Crippen LogP contribution in [0.15, 0.2) is 21.4 Å². The molecular formula is C13H9BrF2N2O2. The SMILES string of the molecule is O=c1[nH]c(-c2ccc(F)c(F)c2Br)nc2c1COCC2. The van der Waals surface area contributed by atoms with Gasteiger partial charge < -0.3 is 9.72 Å². The van der Waals surface area contributed by atoms with Crippen LogP contribution in [0, 0.1) is 11.6 Å². The van der Waals surface area contributed by atoms with Gasteiger partial charge in [0, 0.05) is 12.0 Å². The predicted octanol–water partition coefficient (Wildman–Crippen LogP) is 2.55. The van der Waals surface area contributed by atoms with Gasteiger partial charge in [0.05, 0.1) is 28.9 Å². The van der Waals surface area contributed by atoms with Crippen LogP contribution in [0.2, 0.25) is 0 Å². The highest BCUT2D eigenvalue weighted by Crippen LogP contribution is 2.29. The maximum Gasteiger partial charge on any atom is 0.256 e. The summed E-state index contributed by atoms with van der Waals surface area (Å²) in [6.07, 6.45) is 0.521. The normalized spacial score (nSPS) is 14.2. The Bertz CT molecular complexity index is 746. The molecule has 0 amide bonds. The molecule has 0 aliphatic carbocycles. The van der Waals surface area contributed by atoms with Crippen molar-refractivity contribution in [3.8, 4) is 11.4 Å². The summed E-state index contributed by atoms with van der Waals surface area (Å²) in [6.45, 7) is 0.707. The van der Waals surface area contributed by atoms with Crippen LogP contribution < -0.4 is 5.56 Å². The number of benzene rings is 1. The summed E-state index contributed by atoms with van der Waals surface area (Å²) in [4.78, 5) is 18.9. The maximum absolute atomic E-state index is 13.6. The smallest absolute Gasteiger partial charge is 0.256 e. The second kappa shape index (κ2) is 5.06. The number of ether oxygens (including phenoxy) is 1. The highest BCUT2D eigenvalue weighted by molar-refractivity contribution is 9.10. The van der Waals surface area contributed by atoms with Crippen LogP contribution >= 0.6 is 15.9 Å². The van der Waals surface area contributed by atoms with Crippen molar-refractivity contribution in [1.82, 2.24) is 9.97 Å². The molecule has 1 aliphatic rings. The molecule has 1 aromatic heterocycles. The highest BCUT2D eigenvalue weighted by atomic mass is 79.9. The molecule has 2 aromatic rings. The van der Waals surface area contributed by atoms with E-state index in [1.807, 2.05) is 0 Å². The lowest BCUT2D eigenvalue weighted by Crippen LogP contribution is -2.24. The number of nitrogens with one attached hydrogen (secondary N) is 1. The third-order valence-corrected chi connectivity index (χ3v) is 3.90. The Hall–Kier alpha value is -1.60. The number of fused-ring (bicyclic) bond motifs is 1. The molecule has 2 heterocycles. The molecular weight excluding hydrogens is 334 g/mol. The van der Waals surface area contributed by atoms with Gasteiger partial charge in [0.1, 0.15) is 5.82 Å². The molecule has 7 heteroatoms. The summed E-state index contributed by atoms with van der Waals surface area (Å²) < 4.78 is 31.8. The highest BCUT2D eigenvalue weighted by Gasteiger charge is 2.19. The number of hydrogen-bond acceptors (Lipinski definition) is 3. The zero-order chi connectivity index (χ0) is 14.3. The predicted molar refractivity (Wildman–Crippen MR) is 71.3 cm³/mol. The van der Waals surface area contributed by atoms with E-state index in [2.05, 4.69) is 25.9 Å². The molecule has 0 spiro atoms. The molecule has 0 saturated carbocycles. The van der Waals surface area contributed by atoms with Gasteiger partial charge in [0.15, 0.2) is 11.6 Å². The lowest BCUT2D eigenvalue weighted by molar-refractivity contribution is 0.108. The third-order valence-electron chi connectivity index (χ3n) is 3.12. The maximum atomic E-state index is 13.6.